The van der Waals surface area contributed by atoms with E-state index in [4.69, 9.17) is 16.9 Å². The van der Waals surface area contributed by atoms with Crippen LogP contribution in [-0.2, 0) is 6.54 Å². The largest absolute Gasteiger partial charge is 0.379 e. The fourth-order valence-electron chi connectivity index (χ4n) is 1.64. The molecule has 0 aliphatic carbocycles. The molecule has 0 fully saturated rings. The Hall–Kier alpha value is -1.57. The van der Waals surface area contributed by atoms with Crippen molar-refractivity contribution < 1.29 is 0 Å². The molecule has 0 aliphatic rings. The SMILES string of the molecule is Cc1nc(C)c(CNc2ccc(C#N)cc2Cl)s1. The number of hydrogen-bond donors (Lipinski definition) is 1. The number of aromatic nitrogens is 1. The summed E-state index contributed by atoms with van der Waals surface area (Å²) in [5.74, 6) is 0. The number of thiazole rings is 1. The van der Waals surface area contributed by atoms with Crippen molar-refractivity contribution >= 4 is 28.6 Å². The van der Waals surface area contributed by atoms with Gasteiger partial charge in [0, 0.05) is 4.88 Å². The Morgan fingerprint density at radius 1 is 1.44 bits per heavy atom. The molecule has 0 amide bonds. The van der Waals surface area contributed by atoms with Gasteiger partial charge in [-0.05, 0) is 32.0 Å². The summed E-state index contributed by atoms with van der Waals surface area (Å²) < 4.78 is 0. The summed E-state index contributed by atoms with van der Waals surface area (Å²) in [5.41, 5.74) is 2.45. The first kappa shape index (κ1) is 12.9. The van der Waals surface area contributed by atoms with E-state index in [2.05, 4.69) is 16.4 Å². The van der Waals surface area contributed by atoms with Crippen molar-refractivity contribution in [2.24, 2.45) is 0 Å². The summed E-state index contributed by atoms with van der Waals surface area (Å²) in [6.45, 7) is 4.69. The van der Waals surface area contributed by atoms with Gasteiger partial charge >= 0.3 is 0 Å². The Morgan fingerprint density at radius 2 is 2.22 bits per heavy atom. The molecule has 1 aromatic carbocycles. The van der Waals surface area contributed by atoms with E-state index in [1.54, 1.807) is 23.5 Å². The number of nitrogens with zero attached hydrogens (tertiary/aromatic N) is 2. The zero-order valence-corrected chi connectivity index (χ0v) is 11.7. The lowest BCUT2D eigenvalue weighted by molar-refractivity contribution is 1.11. The number of hydrogen-bond acceptors (Lipinski definition) is 4. The Bertz CT molecular complexity index is 613. The zero-order chi connectivity index (χ0) is 13.1. The van der Waals surface area contributed by atoms with E-state index in [0.29, 0.717) is 17.1 Å². The standard InChI is InChI=1S/C13H12ClN3S/c1-8-13(18-9(2)17-8)7-16-12-4-3-10(6-15)5-11(12)14/h3-5,16H,7H2,1-2H3. The Balaban J connectivity index is 2.11. The lowest BCUT2D eigenvalue weighted by atomic mass is 10.2. The van der Waals surface area contributed by atoms with Crippen LogP contribution in [0.15, 0.2) is 18.2 Å². The van der Waals surface area contributed by atoms with E-state index in [1.807, 2.05) is 19.9 Å². The van der Waals surface area contributed by atoms with Gasteiger partial charge < -0.3 is 5.32 Å². The molecule has 18 heavy (non-hydrogen) atoms. The number of halogens is 1. The Labute approximate surface area is 115 Å². The summed E-state index contributed by atoms with van der Waals surface area (Å²) >= 11 is 7.77. The van der Waals surface area contributed by atoms with Crippen LogP contribution in [0.25, 0.3) is 0 Å². The number of benzene rings is 1. The predicted molar refractivity (Wildman–Crippen MR) is 75.1 cm³/mol. The van der Waals surface area contributed by atoms with E-state index in [9.17, 15) is 0 Å². The third kappa shape index (κ3) is 2.81. The molecule has 1 heterocycles. The van der Waals surface area contributed by atoms with Crippen LogP contribution < -0.4 is 5.32 Å². The van der Waals surface area contributed by atoms with Gasteiger partial charge in [-0.2, -0.15) is 5.26 Å². The lowest BCUT2D eigenvalue weighted by Gasteiger charge is -2.07. The average molecular weight is 278 g/mol. The van der Waals surface area contributed by atoms with Gasteiger partial charge in [0.05, 0.1) is 39.6 Å². The highest BCUT2D eigenvalue weighted by molar-refractivity contribution is 7.11. The molecule has 0 radical (unpaired) electrons. The molecule has 0 spiro atoms. The molecule has 0 unspecified atom stereocenters. The van der Waals surface area contributed by atoms with Gasteiger partial charge in [0.15, 0.2) is 0 Å². The highest BCUT2D eigenvalue weighted by atomic mass is 35.5. The van der Waals surface area contributed by atoms with E-state index >= 15 is 0 Å². The molecule has 0 atom stereocenters. The third-order valence-electron chi connectivity index (χ3n) is 2.54. The molecule has 0 saturated carbocycles. The topological polar surface area (TPSA) is 48.7 Å². The number of anilines is 1. The first-order valence-electron chi connectivity index (χ1n) is 5.46. The van der Waals surface area contributed by atoms with Crippen LogP contribution in [0.1, 0.15) is 21.1 Å². The van der Waals surface area contributed by atoms with Gasteiger partial charge in [-0.15, -0.1) is 11.3 Å². The van der Waals surface area contributed by atoms with Crippen LogP contribution in [0, 0.1) is 25.2 Å². The van der Waals surface area contributed by atoms with Crippen molar-refractivity contribution in [1.29, 1.82) is 5.26 Å². The molecule has 5 heteroatoms. The second-order valence-electron chi connectivity index (χ2n) is 3.90. The first-order valence-corrected chi connectivity index (χ1v) is 6.66. The zero-order valence-electron chi connectivity index (χ0n) is 10.1. The van der Waals surface area contributed by atoms with Crippen molar-refractivity contribution in [2.45, 2.75) is 20.4 Å². The monoisotopic (exact) mass is 277 g/mol. The summed E-state index contributed by atoms with van der Waals surface area (Å²) in [4.78, 5) is 5.58. The fraction of sp³-hybridized carbons (Fsp3) is 0.231. The van der Waals surface area contributed by atoms with E-state index in [-0.39, 0.29) is 0 Å². The summed E-state index contributed by atoms with van der Waals surface area (Å²) in [5, 5.41) is 13.7. The maximum atomic E-state index is 8.76. The maximum absolute atomic E-state index is 8.76. The third-order valence-corrected chi connectivity index (χ3v) is 3.92. The highest BCUT2D eigenvalue weighted by Gasteiger charge is 2.06. The molecule has 0 aliphatic heterocycles. The van der Waals surface area contributed by atoms with E-state index < -0.39 is 0 Å². The Morgan fingerprint density at radius 3 is 2.78 bits per heavy atom. The van der Waals surface area contributed by atoms with Crippen LogP contribution >= 0.6 is 22.9 Å². The van der Waals surface area contributed by atoms with Gasteiger partial charge in [-0.25, -0.2) is 4.98 Å². The number of aryl methyl sites for hydroxylation is 2. The molecular formula is C13H12ClN3S. The smallest absolute Gasteiger partial charge is 0.0992 e. The van der Waals surface area contributed by atoms with Gasteiger partial charge in [0.2, 0.25) is 0 Å². The Kier molecular flexibility index (Phi) is 3.85. The minimum absolute atomic E-state index is 0.563. The maximum Gasteiger partial charge on any atom is 0.0992 e. The van der Waals surface area contributed by atoms with Crippen LogP contribution in [0.4, 0.5) is 5.69 Å². The molecular weight excluding hydrogens is 266 g/mol. The van der Waals surface area contributed by atoms with Crippen molar-refractivity contribution in [1.82, 2.24) is 4.98 Å². The molecule has 2 aromatic rings. The van der Waals surface area contributed by atoms with Gasteiger partial charge in [-0.3, -0.25) is 0 Å². The predicted octanol–water partition coefficient (Wildman–Crippen LogP) is 3.90. The lowest BCUT2D eigenvalue weighted by Crippen LogP contribution is -1.99. The van der Waals surface area contributed by atoms with Crippen LogP contribution in [0.5, 0.6) is 0 Å². The van der Waals surface area contributed by atoms with Crippen molar-refractivity contribution in [3.05, 3.63) is 44.4 Å². The van der Waals surface area contributed by atoms with Gasteiger partial charge in [-0.1, -0.05) is 11.6 Å². The highest BCUT2D eigenvalue weighted by Crippen LogP contribution is 2.25. The van der Waals surface area contributed by atoms with E-state index in [0.717, 1.165) is 16.4 Å². The molecule has 1 aromatic heterocycles. The number of rotatable bonds is 3. The van der Waals surface area contributed by atoms with Gasteiger partial charge in [0.25, 0.3) is 0 Å². The quantitative estimate of drug-likeness (QED) is 0.926. The van der Waals surface area contributed by atoms with Crippen LogP contribution in [-0.4, -0.2) is 4.98 Å². The second kappa shape index (κ2) is 5.38. The van der Waals surface area contributed by atoms with Gasteiger partial charge in [0.1, 0.15) is 0 Å². The second-order valence-corrected chi connectivity index (χ2v) is 5.60. The molecule has 92 valence electrons. The minimum Gasteiger partial charge on any atom is -0.379 e. The van der Waals surface area contributed by atoms with Crippen molar-refractivity contribution in [3.8, 4) is 6.07 Å². The van der Waals surface area contributed by atoms with Crippen molar-refractivity contribution in [2.75, 3.05) is 5.32 Å². The summed E-state index contributed by atoms with van der Waals surface area (Å²) in [6.07, 6.45) is 0. The first-order chi connectivity index (χ1) is 8.60. The van der Waals surface area contributed by atoms with Crippen LogP contribution in [0.2, 0.25) is 5.02 Å². The molecule has 1 N–H and O–H groups in total. The molecule has 0 bridgehead atoms. The summed E-state index contributed by atoms with van der Waals surface area (Å²) in [6, 6.07) is 7.29. The molecule has 0 saturated heterocycles. The molecule has 3 nitrogen and oxygen atoms in total. The number of nitriles is 1. The normalized spacial score (nSPS) is 10.1. The van der Waals surface area contributed by atoms with Crippen LogP contribution in [0.3, 0.4) is 0 Å². The minimum atomic E-state index is 0.563. The fourth-order valence-corrected chi connectivity index (χ4v) is 2.77. The summed E-state index contributed by atoms with van der Waals surface area (Å²) in [7, 11) is 0. The molecule has 2 rings (SSSR count). The van der Waals surface area contributed by atoms with Crippen molar-refractivity contribution in [3.63, 3.8) is 0 Å². The van der Waals surface area contributed by atoms with E-state index in [1.165, 1.54) is 4.88 Å². The average Bonchev–Trinajstić information content (AvgIpc) is 2.66. The number of nitrogens with one attached hydrogen (secondary N) is 1.